The maximum Gasteiger partial charge on any atom is 0.157 e. The summed E-state index contributed by atoms with van der Waals surface area (Å²) in [5.74, 6) is 2.63. The van der Waals surface area contributed by atoms with Crippen LogP contribution in [0.1, 0.15) is 38.5 Å². The van der Waals surface area contributed by atoms with Gasteiger partial charge in [-0.3, -0.25) is 0 Å². The van der Waals surface area contributed by atoms with Crippen molar-refractivity contribution in [2.45, 2.75) is 44.8 Å². The molecule has 3 aliphatic rings. The Morgan fingerprint density at radius 2 is 1.79 bits per heavy atom. The Balaban J connectivity index is 1.39. The minimum Gasteiger partial charge on any atom is -0.396 e. The molecule has 2 fully saturated rings. The summed E-state index contributed by atoms with van der Waals surface area (Å²) in [5.41, 5.74) is 0. The number of fused-ring (bicyclic) bond motifs is 2. The lowest BCUT2D eigenvalue weighted by atomic mass is 9.83. The SMILES string of the molecule is OCC1CCC(COC(O)C2CC3C=CC2C3)CC1. The van der Waals surface area contributed by atoms with E-state index in [0.717, 1.165) is 32.1 Å². The molecule has 0 saturated heterocycles. The van der Waals surface area contributed by atoms with Crippen LogP contribution in [0.25, 0.3) is 0 Å². The highest BCUT2D eigenvalue weighted by Crippen LogP contribution is 2.45. The molecule has 3 aliphatic carbocycles. The zero-order chi connectivity index (χ0) is 13.2. The predicted molar refractivity (Wildman–Crippen MR) is 73.3 cm³/mol. The molecule has 108 valence electrons. The molecule has 2 saturated carbocycles. The molecule has 4 unspecified atom stereocenters. The molecule has 0 aromatic carbocycles. The second kappa shape index (κ2) is 5.94. The van der Waals surface area contributed by atoms with E-state index in [1.165, 1.54) is 6.42 Å². The summed E-state index contributed by atoms with van der Waals surface area (Å²) in [5, 5.41) is 19.3. The van der Waals surface area contributed by atoms with Gasteiger partial charge < -0.3 is 14.9 Å². The van der Waals surface area contributed by atoms with Crippen molar-refractivity contribution >= 4 is 0 Å². The van der Waals surface area contributed by atoms with Crippen LogP contribution in [-0.2, 0) is 4.74 Å². The monoisotopic (exact) mass is 266 g/mol. The van der Waals surface area contributed by atoms with E-state index in [0.29, 0.717) is 42.8 Å². The fourth-order valence-corrected chi connectivity index (χ4v) is 4.09. The van der Waals surface area contributed by atoms with Crippen molar-refractivity contribution in [1.82, 2.24) is 0 Å². The van der Waals surface area contributed by atoms with Gasteiger partial charge >= 0.3 is 0 Å². The van der Waals surface area contributed by atoms with Gasteiger partial charge in [0, 0.05) is 12.5 Å². The molecule has 0 aliphatic heterocycles. The molecule has 0 heterocycles. The fourth-order valence-electron chi connectivity index (χ4n) is 4.09. The van der Waals surface area contributed by atoms with Crippen molar-refractivity contribution in [2.75, 3.05) is 13.2 Å². The standard InChI is InChI=1S/C16H26O3/c17-9-11-1-3-12(4-2-11)10-19-16(18)15-8-13-5-6-14(15)7-13/h5-6,11-18H,1-4,7-10H2. The highest BCUT2D eigenvalue weighted by Gasteiger charge is 2.40. The van der Waals surface area contributed by atoms with E-state index in [2.05, 4.69) is 12.2 Å². The molecule has 4 atom stereocenters. The van der Waals surface area contributed by atoms with Gasteiger partial charge in [0.05, 0.1) is 6.61 Å². The first-order valence-corrected chi connectivity index (χ1v) is 7.85. The van der Waals surface area contributed by atoms with Gasteiger partial charge in [-0.25, -0.2) is 0 Å². The number of hydrogen-bond donors (Lipinski definition) is 2. The molecule has 0 spiro atoms. The molecule has 0 aromatic rings. The molecule has 0 aromatic heterocycles. The average Bonchev–Trinajstić information content (AvgIpc) is 3.08. The first kappa shape index (κ1) is 13.6. The van der Waals surface area contributed by atoms with E-state index >= 15 is 0 Å². The number of hydrogen-bond acceptors (Lipinski definition) is 3. The Labute approximate surface area is 115 Å². The Morgan fingerprint density at radius 3 is 2.37 bits per heavy atom. The molecule has 0 amide bonds. The van der Waals surface area contributed by atoms with Crippen LogP contribution < -0.4 is 0 Å². The molecule has 2 N–H and O–H groups in total. The lowest BCUT2D eigenvalue weighted by Crippen LogP contribution is -2.30. The van der Waals surface area contributed by atoms with Gasteiger partial charge in [0.25, 0.3) is 0 Å². The van der Waals surface area contributed by atoms with Crippen molar-refractivity contribution < 1.29 is 14.9 Å². The molecular formula is C16H26O3. The summed E-state index contributed by atoms with van der Waals surface area (Å²) in [7, 11) is 0. The number of allylic oxidation sites excluding steroid dienone is 2. The zero-order valence-electron chi connectivity index (χ0n) is 11.6. The van der Waals surface area contributed by atoms with Gasteiger partial charge in [-0.1, -0.05) is 12.2 Å². The van der Waals surface area contributed by atoms with Crippen LogP contribution in [0.5, 0.6) is 0 Å². The Morgan fingerprint density at radius 1 is 1.05 bits per heavy atom. The average molecular weight is 266 g/mol. The van der Waals surface area contributed by atoms with Crippen LogP contribution >= 0.6 is 0 Å². The van der Waals surface area contributed by atoms with Crippen LogP contribution in [0.4, 0.5) is 0 Å². The second-order valence-corrected chi connectivity index (χ2v) is 6.74. The quantitative estimate of drug-likeness (QED) is 0.593. The van der Waals surface area contributed by atoms with Crippen LogP contribution in [0, 0.1) is 29.6 Å². The highest BCUT2D eigenvalue weighted by atomic mass is 16.6. The third kappa shape index (κ3) is 3.04. The van der Waals surface area contributed by atoms with Crippen molar-refractivity contribution in [3.05, 3.63) is 12.2 Å². The second-order valence-electron chi connectivity index (χ2n) is 6.74. The molecule has 19 heavy (non-hydrogen) atoms. The summed E-state index contributed by atoms with van der Waals surface area (Å²) in [6.45, 7) is 1.02. The summed E-state index contributed by atoms with van der Waals surface area (Å²) in [4.78, 5) is 0. The third-order valence-electron chi connectivity index (χ3n) is 5.42. The minimum absolute atomic E-state index is 0.323. The molecule has 3 nitrogen and oxygen atoms in total. The Bertz CT molecular complexity index is 320. The summed E-state index contributed by atoms with van der Waals surface area (Å²) < 4.78 is 5.75. The lowest BCUT2D eigenvalue weighted by Gasteiger charge is -2.30. The first-order valence-electron chi connectivity index (χ1n) is 7.85. The number of rotatable bonds is 5. The van der Waals surface area contributed by atoms with Gasteiger partial charge in [0.15, 0.2) is 6.29 Å². The topological polar surface area (TPSA) is 49.7 Å². The normalized spacial score (nSPS) is 42.7. The van der Waals surface area contributed by atoms with Gasteiger partial charge in [0.2, 0.25) is 0 Å². The van der Waals surface area contributed by atoms with Gasteiger partial charge in [-0.2, -0.15) is 0 Å². The van der Waals surface area contributed by atoms with E-state index in [4.69, 9.17) is 9.84 Å². The molecular weight excluding hydrogens is 240 g/mol. The minimum atomic E-state index is -0.574. The van der Waals surface area contributed by atoms with Crippen molar-refractivity contribution in [2.24, 2.45) is 29.6 Å². The van der Waals surface area contributed by atoms with Gasteiger partial charge in [0.1, 0.15) is 0 Å². The molecule has 3 rings (SSSR count). The van der Waals surface area contributed by atoms with Crippen molar-refractivity contribution in [3.8, 4) is 0 Å². The summed E-state index contributed by atoms with van der Waals surface area (Å²) >= 11 is 0. The van der Waals surface area contributed by atoms with Crippen LogP contribution in [0.15, 0.2) is 12.2 Å². The van der Waals surface area contributed by atoms with Crippen LogP contribution in [0.3, 0.4) is 0 Å². The molecule has 2 bridgehead atoms. The maximum atomic E-state index is 10.2. The predicted octanol–water partition coefficient (Wildman–Crippen LogP) is 2.33. The summed E-state index contributed by atoms with van der Waals surface area (Å²) in [6.07, 6.45) is 10.8. The number of ether oxygens (including phenoxy) is 1. The van der Waals surface area contributed by atoms with E-state index in [9.17, 15) is 5.11 Å². The highest BCUT2D eigenvalue weighted by molar-refractivity contribution is 5.10. The van der Waals surface area contributed by atoms with Gasteiger partial charge in [-0.15, -0.1) is 0 Å². The molecule has 3 heteroatoms. The van der Waals surface area contributed by atoms with E-state index in [1.54, 1.807) is 0 Å². The zero-order valence-corrected chi connectivity index (χ0v) is 11.6. The smallest absolute Gasteiger partial charge is 0.157 e. The Hall–Kier alpha value is -0.380. The van der Waals surface area contributed by atoms with Crippen molar-refractivity contribution in [1.29, 1.82) is 0 Å². The van der Waals surface area contributed by atoms with Gasteiger partial charge in [-0.05, 0) is 62.2 Å². The Kier molecular flexibility index (Phi) is 4.25. The summed E-state index contributed by atoms with van der Waals surface area (Å²) in [6, 6.07) is 0. The number of aliphatic hydroxyl groups is 2. The maximum absolute atomic E-state index is 10.2. The third-order valence-corrected chi connectivity index (χ3v) is 5.42. The van der Waals surface area contributed by atoms with E-state index in [1.807, 2.05) is 0 Å². The largest absolute Gasteiger partial charge is 0.396 e. The number of aliphatic hydroxyl groups excluding tert-OH is 2. The van der Waals surface area contributed by atoms with Crippen molar-refractivity contribution in [3.63, 3.8) is 0 Å². The fraction of sp³-hybridized carbons (Fsp3) is 0.875. The van der Waals surface area contributed by atoms with Crippen LogP contribution in [-0.4, -0.2) is 29.7 Å². The van der Waals surface area contributed by atoms with Crippen LogP contribution in [0.2, 0.25) is 0 Å². The van der Waals surface area contributed by atoms with E-state index < -0.39 is 6.29 Å². The lowest BCUT2D eigenvalue weighted by molar-refractivity contribution is -0.150. The first-order chi connectivity index (χ1) is 9.26. The van der Waals surface area contributed by atoms with E-state index in [-0.39, 0.29) is 0 Å². The molecule has 0 radical (unpaired) electrons.